The molecule has 0 radical (unpaired) electrons. The first-order valence-corrected chi connectivity index (χ1v) is 37.2. The molecule has 24 nitrogen and oxygen atoms in total. The molecular weight excluding hydrogens is 1480 g/mol. The molecule has 0 aliphatic carbocycles. The molecule has 17 aromatic rings. The van der Waals surface area contributed by atoms with Crippen LogP contribution in [-0.2, 0) is 0 Å². The fraction of sp³-hybridized carbons (Fsp3) is 0.132. The number of H-pyrrole nitrogens is 4. The zero-order valence-electron chi connectivity index (χ0n) is 64.5. The van der Waals surface area contributed by atoms with Gasteiger partial charge in [-0.05, 0) is 165 Å². The zero-order chi connectivity index (χ0) is 79.9. The number of fused-ring (bicyclic) bond motifs is 12. The number of hydrogen-bond acceptors (Lipinski definition) is 16. The number of benzene rings is 9. The summed E-state index contributed by atoms with van der Waals surface area (Å²) in [5.74, 6) is 2.05. The summed E-state index contributed by atoms with van der Waals surface area (Å²) in [7, 11) is 10.5. The minimum Gasteiger partial charge on any atom is -0.497 e. The van der Waals surface area contributed by atoms with Gasteiger partial charge in [-0.1, -0.05) is 103 Å². The van der Waals surface area contributed by atoms with Crippen LogP contribution in [0.2, 0.25) is 0 Å². The number of hydrazone groups is 1. The van der Waals surface area contributed by atoms with Gasteiger partial charge in [-0.3, -0.25) is 19.2 Å². The van der Waals surface area contributed by atoms with Crippen LogP contribution < -0.4 is 51.8 Å². The van der Waals surface area contributed by atoms with Gasteiger partial charge in [0.25, 0.3) is 23.6 Å². The van der Waals surface area contributed by atoms with Crippen molar-refractivity contribution in [3.8, 4) is 68.0 Å². The molecule has 0 unspecified atom stereocenters. The minimum atomic E-state index is -0.376. The van der Waals surface area contributed by atoms with E-state index in [2.05, 4.69) is 67.4 Å². The zero-order valence-corrected chi connectivity index (χ0v) is 65.3. The number of hydrogen-bond donors (Lipinski definition) is 10. The summed E-state index contributed by atoms with van der Waals surface area (Å²) in [4.78, 5) is 85.3. The lowest BCUT2D eigenvalue weighted by molar-refractivity contribution is 0.0939. The molecule has 0 spiro atoms. The van der Waals surface area contributed by atoms with Crippen molar-refractivity contribution in [2.45, 2.75) is 0 Å². The van der Waals surface area contributed by atoms with Gasteiger partial charge in [0.2, 0.25) is 0 Å². The molecule has 25 heteroatoms. The third kappa shape index (κ3) is 17.8. The maximum atomic E-state index is 12.9. The normalized spacial score (nSPS) is 11.1. The Balaban J connectivity index is 0.000000134. The molecule has 0 fully saturated rings. The van der Waals surface area contributed by atoms with Crippen LogP contribution >= 0.6 is 12.4 Å². The van der Waals surface area contributed by atoms with Gasteiger partial charge in [-0.15, -0.1) is 12.4 Å². The van der Waals surface area contributed by atoms with E-state index < -0.39 is 0 Å². The number of pyridine rings is 4. The molecule has 8 heterocycles. The van der Waals surface area contributed by atoms with Crippen LogP contribution in [-0.4, -0.2) is 156 Å². The molecule has 0 saturated carbocycles. The SMILES string of the molecule is COc1ccc(-c2nc(C(=O)N/N=C/c3ccccc3)cc3c2[nH]c2ccccc23)cc1.COc1ccc(-c2nc(C(=O)NCCN(C)C)cc3c2[nH]c2ccccc23)cc1.COc1ccc(-c2nc(C(=O)NCCN)cc3c2[nH]c2ccccc23)cc1.COc1ccc(-c2nc(C(=O)NCCN)cc3c2[nH]c2ccccc23)cc1.Cl. The van der Waals surface area contributed by atoms with E-state index >= 15 is 0 Å². The first-order valence-electron chi connectivity index (χ1n) is 37.2. The molecule has 0 aliphatic rings. The second-order valence-electron chi connectivity index (χ2n) is 27.0. The Kier molecular flexibility index (Phi) is 25.4. The van der Waals surface area contributed by atoms with Crippen LogP contribution in [0.4, 0.5) is 0 Å². The molecule has 0 bridgehead atoms. The lowest BCUT2D eigenvalue weighted by Crippen LogP contribution is -2.31. The fourth-order valence-electron chi connectivity index (χ4n) is 13.5. The Morgan fingerprint density at radius 1 is 0.362 bits per heavy atom. The second-order valence-corrected chi connectivity index (χ2v) is 27.0. The van der Waals surface area contributed by atoms with Crippen molar-refractivity contribution in [1.29, 1.82) is 0 Å². The summed E-state index contributed by atoms with van der Waals surface area (Å²) in [5.41, 5.74) is 30.0. The molecule has 0 atom stereocenters. The highest BCUT2D eigenvalue weighted by Crippen LogP contribution is 2.39. The van der Waals surface area contributed by atoms with Crippen LogP contribution in [0, 0.1) is 0 Å². The number of carbonyl (C=O) groups is 4. The molecule has 12 N–H and O–H groups in total. The van der Waals surface area contributed by atoms with Crippen molar-refractivity contribution in [2.75, 3.05) is 81.8 Å². The summed E-state index contributed by atoms with van der Waals surface area (Å²) in [6.45, 7) is 2.91. The highest BCUT2D eigenvalue weighted by atomic mass is 35.5. The molecule has 116 heavy (non-hydrogen) atoms. The topological polar surface area (TPSA) is 336 Å². The van der Waals surface area contributed by atoms with Crippen molar-refractivity contribution in [3.63, 3.8) is 0 Å². The number of likely N-dealkylation sites (N-methyl/N-ethyl adjacent to an activating group) is 1. The van der Waals surface area contributed by atoms with E-state index in [-0.39, 0.29) is 36.0 Å². The number of nitrogens with one attached hydrogen (secondary N) is 8. The van der Waals surface area contributed by atoms with Crippen LogP contribution in [0.15, 0.2) is 254 Å². The number of aromatic nitrogens is 8. The van der Waals surface area contributed by atoms with Crippen LogP contribution in [0.1, 0.15) is 47.5 Å². The number of methoxy groups -OCH3 is 4. The van der Waals surface area contributed by atoms with E-state index in [9.17, 15) is 19.2 Å². The third-order valence-corrected chi connectivity index (χ3v) is 19.3. The number of amides is 4. The molecular formula is C91H85ClN16O8. The quantitative estimate of drug-likeness (QED) is 0.0236. The number of para-hydroxylation sites is 4. The predicted octanol–water partition coefficient (Wildman–Crippen LogP) is 15.4. The summed E-state index contributed by atoms with van der Waals surface area (Å²) in [6, 6.07) is 79.6. The smallest absolute Gasteiger partial charge is 0.289 e. The molecule has 9 aromatic carbocycles. The Morgan fingerprint density at radius 3 is 0.905 bits per heavy atom. The van der Waals surface area contributed by atoms with Crippen LogP contribution in [0.3, 0.4) is 0 Å². The van der Waals surface area contributed by atoms with Crippen LogP contribution in [0.5, 0.6) is 23.0 Å². The van der Waals surface area contributed by atoms with Gasteiger partial charge in [0.1, 0.15) is 45.8 Å². The lowest BCUT2D eigenvalue weighted by Gasteiger charge is -2.11. The van der Waals surface area contributed by atoms with Crippen molar-refractivity contribution < 1.29 is 38.1 Å². The van der Waals surface area contributed by atoms with E-state index in [4.69, 9.17) is 35.4 Å². The largest absolute Gasteiger partial charge is 0.497 e. The number of rotatable bonds is 21. The molecule has 0 saturated heterocycles. The molecule has 8 aromatic heterocycles. The van der Waals surface area contributed by atoms with E-state index in [0.29, 0.717) is 61.2 Å². The van der Waals surface area contributed by atoms with E-state index in [0.717, 1.165) is 162 Å². The third-order valence-electron chi connectivity index (χ3n) is 19.3. The van der Waals surface area contributed by atoms with E-state index in [1.165, 1.54) is 0 Å². The Bertz CT molecular complexity index is 6210. The van der Waals surface area contributed by atoms with Gasteiger partial charge in [-0.25, -0.2) is 25.4 Å². The molecule has 4 amide bonds. The van der Waals surface area contributed by atoms with Gasteiger partial charge in [0, 0.05) is 127 Å². The Morgan fingerprint density at radius 2 is 0.629 bits per heavy atom. The minimum absolute atomic E-state index is 0. The van der Waals surface area contributed by atoms with Gasteiger partial charge in [0.15, 0.2) is 0 Å². The van der Waals surface area contributed by atoms with E-state index in [1.54, 1.807) is 40.7 Å². The Hall–Kier alpha value is -14.3. The molecule has 17 rings (SSSR count). The van der Waals surface area contributed by atoms with E-state index in [1.807, 2.05) is 256 Å². The number of ether oxygens (including phenoxy) is 4. The van der Waals surface area contributed by atoms with Crippen molar-refractivity contribution in [2.24, 2.45) is 16.6 Å². The number of nitrogens with zero attached hydrogens (tertiary/aromatic N) is 6. The van der Waals surface area contributed by atoms with Gasteiger partial charge in [0.05, 0.1) is 79.5 Å². The predicted molar refractivity (Wildman–Crippen MR) is 465 cm³/mol. The molecule has 584 valence electrons. The van der Waals surface area contributed by atoms with Gasteiger partial charge in [-0.2, -0.15) is 5.10 Å². The maximum Gasteiger partial charge on any atom is 0.289 e. The van der Waals surface area contributed by atoms with Crippen LogP contribution in [0.25, 0.3) is 132 Å². The number of aromatic amines is 4. The summed E-state index contributed by atoms with van der Waals surface area (Å²) >= 11 is 0. The number of carbonyl (C=O) groups excluding carboxylic acids is 4. The summed E-state index contributed by atoms with van der Waals surface area (Å²) in [6.07, 6.45) is 1.60. The molecule has 0 aliphatic heterocycles. The standard InChI is InChI=1S/C26H20N4O2.C23H24N4O2.2C21H20N4O2.ClH/c1-32-19-13-11-18(12-14-19)24-25-21(20-9-5-6-10-22(20)28-25)15-23(29-24)26(31)30-27-16-17-7-3-2-4-8-17;1-27(2)13-12-24-23(28)20-14-18-17-6-4-5-7-19(17)25-22(18)21(26-20)15-8-10-16(29-3)11-9-15;2*1-27-14-8-6-13(7-9-14)19-20-16(15-4-2-3-5-17(15)24-20)12-18(25-19)21(26)23-11-10-22;/h2-16,28H,1H3,(H,30,31);4-11,14,25H,12-13H2,1-3H3,(H,24,28);2*2-9,12,24H,10-11,22H2,1H3,(H,23,26);1H/b27-16+;;;;. The highest BCUT2D eigenvalue weighted by molar-refractivity contribution is 6.17. The van der Waals surface area contributed by atoms with Crippen molar-refractivity contribution in [3.05, 3.63) is 277 Å². The summed E-state index contributed by atoms with van der Waals surface area (Å²) < 4.78 is 21.0. The lowest BCUT2D eigenvalue weighted by atomic mass is 10.1. The second kappa shape index (κ2) is 36.9. The first kappa shape index (κ1) is 79.8. The fourth-order valence-corrected chi connectivity index (χ4v) is 13.5. The monoisotopic (exact) mass is 1560 g/mol. The highest BCUT2D eigenvalue weighted by Gasteiger charge is 2.23. The number of halogens is 1. The van der Waals surface area contributed by atoms with Crippen molar-refractivity contribution >= 4 is 129 Å². The summed E-state index contributed by atoms with van der Waals surface area (Å²) in [5, 5.41) is 20.7. The average molecular weight is 1570 g/mol. The maximum absolute atomic E-state index is 12.9. The average Bonchev–Trinajstić information content (AvgIpc) is 1.62. The van der Waals surface area contributed by atoms with Gasteiger partial charge >= 0.3 is 0 Å². The number of nitrogens with two attached hydrogens (primary N) is 2. The Labute approximate surface area is 673 Å². The van der Waals surface area contributed by atoms with Gasteiger partial charge < -0.3 is 71.2 Å². The first-order chi connectivity index (χ1) is 56.2. The van der Waals surface area contributed by atoms with Crippen molar-refractivity contribution in [1.82, 2.24) is 66.1 Å².